The number of halogens is 1. The summed E-state index contributed by atoms with van der Waals surface area (Å²) in [5.74, 6) is -0.192. The van der Waals surface area contributed by atoms with E-state index in [2.05, 4.69) is 5.32 Å². The zero-order valence-corrected chi connectivity index (χ0v) is 19.6. The molecule has 2 aliphatic heterocycles. The Morgan fingerprint density at radius 2 is 2.09 bits per heavy atom. The van der Waals surface area contributed by atoms with Crippen molar-refractivity contribution in [2.75, 3.05) is 31.8 Å². The van der Waals surface area contributed by atoms with Crippen LogP contribution < -0.4 is 10.1 Å². The molecule has 1 amide bonds. The van der Waals surface area contributed by atoms with Crippen LogP contribution in [-0.4, -0.2) is 56.3 Å². The first-order valence-corrected chi connectivity index (χ1v) is 12.7. The lowest BCUT2D eigenvalue weighted by atomic mass is 10.1. The maximum atomic E-state index is 14.1. The van der Waals surface area contributed by atoms with Gasteiger partial charge in [0, 0.05) is 28.7 Å². The number of benzene rings is 1. The maximum Gasteiger partial charge on any atom is 0.414 e. The molecular weight excluding hydrogens is 457 g/mol. The monoisotopic (exact) mass is 481 g/mol. The van der Waals surface area contributed by atoms with Gasteiger partial charge in [-0.05, 0) is 36.9 Å². The fraction of sp³-hybridized carbons (Fsp3) is 0.381. The van der Waals surface area contributed by atoms with Gasteiger partial charge in [0.1, 0.15) is 17.7 Å². The number of rotatable bonds is 5. The molecule has 1 saturated heterocycles. The molecule has 0 spiro atoms. The molecule has 0 saturated carbocycles. The van der Waals surface area contributed by atoms with E-state index < -0.39 is 28.0 Å². The minimum Gasteiger partial charge on any atom is -0.487 e. The summed E-state index contributed by atoms with van der Waals surface area (Å²) in [6, 6.07) is 6.12. The highest BCUT2D eigenvalue weighted by molar-refractivity contribution is 7.88. The number of methoxy groups -OCH3 is 1. The van der Waals surface area contributed by atoms with Gasteiger partial charge in [-0.15, -0.1) is 11.3 Å². The van der Waals surface area contributed by atoms with Crippen LogP contribution in [0.4, 0.5) is 14.9 Å². The molecule has 172 valence electrons. The number of hydrogen-bond acceptors (Lipinski definition) is 7. The number of allylic oxidation sites excluding steroid dienone is 1. The summed E-state index contributed by atoms with van der Waals surface area (Å²) >= 11 is 1.53. The number of carbonyl (C=O) groups is 1. The summed E-state index contributed by atoms with van der Waals surface area (Å²) in [6.07, 6.45) is 0.809. The van der Waals surface area contributed by atoms with Crippen LogP contribution in [0.5, 0.6) is 5.75 Å². The van der Waals surface area contributed by atoms with Gasteiger partial charge in [-0.1, -0.05) is 0 Å². The quantitative estimate of drug-likeness (QED) is 0.701. The SMILES string of the molecule is COC(=O)N1Cc2sccc2C(Nc2ccc(F)cc2O[C@@H]2CCN(S(C)(=O)=O)C2)=C1C. The molecule has 2 aromatic rings. The summed E-state index contributed by atoms with van der Waals surface area (Å²) in [5, 5.41) is 5.25. The zero-order valence-electron chi connectivity index (χ0n) is 17.9. The second-order valence-electron chi connectivity index (χ2n) is 7.69. The van der Waals surface area contributed by atoms with Crippen LogP contribution in [0.15, 0.2) is 35.3 Å². The first-order valence-electron chi connectivity index (χ1n) is 9.99. The molecule has 8 nitrogen and oxygen atoms in total. The van der Waals surface area contributed by atoms with Gasteiger partial charge in [0.05, 0.1) is 37.8 Å². The lowest BCUT2D eigenvalue weighted by Gasteiger charge is -2.30. The lowest BCUT2D eigenvalue weighted by Crippen LogP contribution is -2.33. The summed E-state index contributed by atoms with van der Waals surface area (Å²) in [6.45, 7) is 2.79. The summed E-state index contributed by atoms with van der Waals surface area (Å²) in [7, 11) is -1.98. The molecule has 32 heavy (non-hydrogen) atoms. The molecule has 2 aliphatic rings. The van der Waals surface area contributed by atoms with Crippen molar-refractivity contribution >= 4 is 38.8 Å². The van der Waals surface area contributed by atoms with Crippen molar-refractivity contribution < 1.29 is 27.1 Å². The van der Waals surface area contributed by atoms with E-state index in [0.717, 1.165) is 16.7 Å². The Morgan fingerprint density at radius 3 is 2.78 bits per heavy atom. The molecule has 1 N–H and O–H groups in total. The normalized spacial score (nSPS) is 19.1. The molecule has 1 aromatic carbocycles. The highest BCUT2D eigenvalue weighted by Crippen LogP contribution is 2.38. The number of anilines is 1. The molecule has 0 radical (unpaired) electrons. The van der Waals surface area contributed by atoms with E-state index >= 15 is 0 Å². The molecule has 3 heterocycles. The van der Waals surface area contributed by atoms with Crippen LogP contribution >= 0.6 is 11.3 Å². The van der Waals surface area contributed by atoms with Crippen molar-refractivity contribution in [2.24, 2.45) is 0 Å². The summed E-state index contributed by atoms with van der Waals surface area (Å²) in [4.78, 5) is 14.8. The first kappa shape index (κ1) is 22.6. The lowest BCUT2D eigenvalue weighted by molar-refractivity contribution is 0.133. The third-order valence-corrected chi connectivity index (χ3v) is 7.73. The van der Waals surface area contributed by atoms with E-state index in [1.165, 1.54) is 39.8 Å². The van der Waals surface area contributed by atoms with Gasteiger partial charge >= 0.3 is 6.09 Å². The number of ether oxygens (including phenoxy) is 2. The van der Waals surface area contributed by atoms with Gasteiger partial charge in [0.2, 0.25) is 10.0 Å². The first-order chi connectivity index (χ1) is 15.2. The fourth-order valence-corrected chi connectivity index (χ4v) is 5.60. The van der Waals surface area contributed by atoms with Crippen molar-refractivity contribution in [3.63, 3.8) is 0 Å². The average Bonchev–Trinajstić information content (AvgIpc) is 3.40. The fourth-order valence-electron chi connectivity index (χ4n) is 3.85. The number of fused-ring (bicyclic) bond motifs is 1. The molecule has 0 bridgehead atoms. The van der Waals surface area contributed by atoms with Crippen LogP contribution in [0.3, 0.4) is 0 Å². The van der Waals surface area contributed by atoms with E-state index in [4.69, 9.17) is 9.47 Å². The van der Waals surface area contributed by atoms with Crippen molar-refractivity contribution in [2.45, 2.75) is 26.0 Å². The van der Waals surface area contributed by atoms with Crippen molar-refractivity contribution in [3.8, 4) is 5.75 Å². The van der Waals surface area contributed by atoms with E-state index in [0.29, 0.717) is 36.6 Å². The second-order valence-corrected chi connectivity index (χ2v) is 10.7. The van der Waals surface area contributed by atoms with Gasteiger partial charge in [-0.25, -0.2) is 17.6 Å². The van der Waals surface area contributed by atoms with E-state index in [1.54, 1.807) is 6.07 Å². The minimum absolute atomic E-state index is 0.210. The number of carbonyl (C=O) groups excluding carboxylic acids is 1. The zero-order chi connectivity index (χ0) is 23.0. The Balaban J connectivity index is 1.64. The predicted molar refractivity (Wildman–Crippen MR) is 120 cm³/mol. The standard InChI is InChI=1S/C21H24FN3O5S2/c1-13-20(16-7-9-31-19(16)12-25(13)21(26)29-2)23-17-5-4-14(22)10-18(17)30-15-6-8-24(11-15)32(3,27)28/h4-5,7,9-10,15,23H,6,8,11-12H2,1-3H3/t15-/m1/s1. The van der Waals surface area contributed by atoms with Crippen LogP contribution in [-0.2, 0) is 21.3 Å². The average molecular weight is 482 g/mol. The van der Waals surface area contributed by atoms with Crippen molar-refractivity contribution in [1.29, 1.82) is 0 Å². The van der Waals surface area contributed by atoms with E-state index in [9.17, 15) is 17.6 Å². The summed E-state index contributed by atoms with van der Waals surface area (Å²) in [5.41, 5.74) is 2.83. The minimum atomic E-state index is -3.31. The molecule has 11 heteroatoms. The van der Waals surface area contributed by atoms with Crippen LogP contribution in [0.2, 0.25) is 0 Å². The Kier molecular flexibility index (Phi) is 6.15. The van der Waals surface area contributed by atoms with Gasteiger partial charge in [-0.3, -0.25) is 4.90 Å². The van der Waals surface area contributed by atoms with Gasteiger partial charge in [0.15, 0.2) is 0 Å². The van der Waals surface area contributed by atoms with Crippen LogP contribution in [0.1, 0.15) is 23.8 Å². The van der Waals surface area contributed by atoms with Crippen molar-refractivity contribution in [3.05, 3.63) is 51.6 Å². The molecule has 1 fully saturated rings. The maximum absolute atomic E-state index is 14.1. The predicted octanol–water partition coefficient (Wildman–Crippen LogP) is 3.68. The third-order valence-electron chi connectivity index (χ3n) is 5.55. The number of nitrogens with zero attached hydrogens (tertiary/aromatic N) is 2. The van der Waals surface area contributed by atoms with E-state index in [1.807, 2.05) is 18.4 Å². The highest BCUT2D eigenvalue weighted by atomic mass is 32.2. The van der Waals surface area contributed by atoms with Gasteiger partial charge < -0.3 is 14.8 Å². The Bertz CT molecular complexity index is 1180. The number of sulfonamides is 1. The van der Waals surface area contributed by atoms with Gasteiger partial charge in [-0.2, -0.15) is 4.31 Å². The highest BCUT2D eigenvalue weighted by Gasteiger charge is 2.31. The molecule has 0 aliphatic carbocycles. The second kappa shape index (κ2) is 8.72. The molecular formula is C21H24FN3O5S2. The Hall–Kier alpha value is -2.63. The number of nitrogens with one attached hydrogen (secondary N) is 1. The Morgan fingerprint density at radius 1 is 1.31 bits per heavy atom. The van der Waals surface area contributed by atoms with E-state index in [-0.39, 0.29) is 12.3 Å². The topological polar surface area (TPSA) is 88.2 Å². The number of amides is 1. The molecule has 0 unspecified atom stereocenters. The molecule has 1 aromatic heterocycles. The van der Waals surface area contributed by atoms with Gasteiger partial charge in [0.25, 0.3) is 0 Å². The molecule has 1 atom stereocenters. The summed E-state index contributed by atoms with van der Waals surface area (Å²) < 4.78 is 49.9. The smallest absolute Gasteiger partial charge is 0.414 e. The number of hydrogen-bond donors (Lipinski definition) is 1. The molecule has 4 rings (SSSR count). The number of thiophene rings is 1. The van der Waals surface area contributed by atoms with Crippen molar-refractivity contribution in [1.82, 2.24) is 9.21 Å². The van der Waals surface area contributed by atoms with Crippen LogP contribution in [0.25, 0.3) is 5.70 Å². The third kappa shape index (κ3) is 4.45. The largest absolute Gasteiger partial charge is 0.487 e. The Labute approximate surface area is 190 Å². The van der Waals surface area contributed by atoms with Crippen LogP contribution in [0, 0.1) is 5.82 Å².